The van der Waals surface area contributed by atoms with Crippen LogP contribution < -0.4 is 10.6 Å². The molecule has 4 rings (SSSR count). The summed E-state index contributed by atoms with van der Waals surface area (Å²) in [5, 5.41) is 6.36. The average molecular weight is 449 g/mol. The Labute approximate surface area is 196 Å². The molecular formula is C27H48N2O3. The van der Waals surface area contributed by atoms with Gasteiger partial charge in [0.05, 0.1) is 6.61 Å². The minimum absolute atomic E-state index is 0.0380. The molecule has 0 heterocycles. The van der Waals surface area contributed by atoms with Crippen LogP contribution in [0.25, 0.3) is 0 Å². The standard InChI is InChI=1S/C27H48N2O3/c1-4-5-6-7-8-9-10-11-12-24(25(30)32-19-20(2)3)28-26(31)29-27-16-21-13-22(17-27)15-23(14-21)18-27/h20-24H,4-19H2,1-3H3,(H2,28,29,31). The quantitative estimate of drug-likeness (QED) is 0.240. The molecule has 184 valence electrons. The van der Waals surface area contributed by atoms with Gasteiger partial charge in [-0.15, -0.1) is 0 Å². The van der Waals surface area contributed by atoms with E-state index in [0.29, 0.717) is 18.9 Å². The first-order valence-corrected chi connectivity index (χ1v) is 13.6. The van der Waals surface area contributed by atoms with Crippen molar-refractivity contribution in [1.82, 2.24) is 10.6 Å². The summed E-state index contributed by atoms with van der Waals surface area (Å²) < 4.78 is 5.50. The predicted octanol–water partition coefficient (Wildman–Crippen LogP) is 6.35. The van der Waals surface area contributed by atoms with Crippen LogP contribution in [0.15, 0.2) is 0 Å². The van der Waals surface area contributed by atoms with Crippen molar-refractivity contribution in [3.8, 4) is 0 Å². The van der Waals surface area contributed by atoms with Gasteiger partial charge in [0.15, 0.2) is 0 Å². The van der Waals surface area contributed by atoms with E-state index in [-0.39, 0.29) is 17.5 Å². The topological polar surface area (TPSA) is 67.4 Å². The number of carbonyl (C=O) groups excluding carboxylic acids is 2. The molecule has 4 aliphatic carbocycles. The van der Waals surface area contributed by atoms with Gasteiger partial charge in [-0.2, -0.15) is 0 Å². The van der Waals surface area contributed by atoms with Gasteiger partial charge in [-0.25, -0.2) is 9.59 Å². The Hall–Kier alpha value is -1.26. The van der Waals surface area contributed by atoms with Gasteiger partial charge in [-0.05, 0) is 68.6 Å². The van der Waals surface area contributed by atoms with Gasteiger partial charge in [0, 0.05) is 5.54 Å². The van der Waals surface area contributed by atoms with E-state index < -0.39 is 6.04 Å². The molecule has 0 aromatic carbocycles. The highest BCUT2D eigenvalue weighted by Gasteiger charge is 2.51. The maximum Gasteiger partial charge on any atom is 0.328 e. The lowest BCUT2D eigenvalue weighted by atomic mass is 9.53. The molecule has 0 aliphatic heterocycles. The zero-order valence-corrected chi connectivity index (χ0v) is 20.9. The first kappa shape index (κ1) is 25.4. The Morgan fingerprint density at radius 2 is 1.41 bits per heavy atom. The summed E-state index contributed by atoms with van der Waals surface area (Å²) >= 11 is 0. The number of unbranched alkanes of at least 4 members (excludes halogenated alkanes) is 7. The van der Waals surface area contributed by atoms with Crippen LogP contribution in [-0.4, -0.2) is 30.2 Å². The Kier molecular flexibility index (Phi) is 9.73. The van der Waals surface area contributed by atoms with Crippen LogP contribution in [0.4, 0.5) is 4.79 Å². The van der Waals surface area contributed by atoms with Gasteiger partial charge in [-0.1, -0.05) is 72.1 Å². The monoisotopic (exact) mass is 448 g/mol. The second-order valence-corrected chi connectivity index (χ2v) is 11.6. The number of esters is 1. The van der Waals surface area contributed by atoms with Gasteiger partial charge in [0.1, 0.15) is 6.04 Å². The summed E-state index contributed by atoms with van der Waals surface area (Å²) in [6, 6.07) is -0.708. The number of ether oxygens (including phenoxy) is 1. The highest BCUT2D eigenvalue weighted by atomic mass is 16.5. The normalized spacial score (nSPS) is 29.2. The van der Waals surface area contributed by atoms with E-state index >= 15 is 0 Å². The van der Waals surface area contributed by atoms with Crippen molar-refractivity contribution in [3.05, 3.63) is 0 Å². The van der Waals surface area contributed by atoms with E-state index in [1.165, 1.54) is 57.8 Å². The van der Waals surface area contributed by atoms with Crippen LogP contribution in [-0.2, 0) is 9.53 Å². The van der Waals surface area contributed by atoms with Crippen molar-refractivity contribution in [2.24, 2.45) is 23.7 Å². The predicted molar refractivity (Wildman–Crippen MR) is 129 cm³/mol. The lowest BCUT2D eigenvalue weighted by Crippen LogP contribution is -2.62. The van der Waals surface area contributed by atoms with Crippen molar-refractivity contribution in [1.29, 1.82) is 0 Å². The first-order valence-electron chi connectivity index (χ1n) is 13.6. The van der Waals surface area contributed by atoms with Crippen LogP contribution >= 0.6 is 0 Å². The van der Waals surface area contributed by atoms with Crippen molar-refractivity contribution in [2.45, 2.75) is 129 Å². The lowest BCUT2D eigenvalue weighted by Gasteiger charge is -2.56. The molecule has 2 N–H and O–H groups in total. The molecule has 4 fully saturated rings. The van der Waals surface area contributed by atoms with E-state index in [1.54, 1.807) is 0 Å². The number of amides is 2. The van der Waals surface area contributed by atoms with Crippen molar-refractivity contribution >= 4 is 12.0 Å². The highest BCUT2D eigenvalue weighted by Crippen LogP contribution is 2.55. The second kappa shape index (κ2) is 12.3. The van der Waals surface area contributed by atoms with Crippen LogP contribution in [0, 0.1) is 23.7 Å². The van der Waals surface area contributed by atoms with Crippen LogP contribution in [0.3, 0.4) is 0 Å². The lowest BCUT2D eigenvalue weighted by molar-refractivity contribution is -0.147. The molecule has 1 atom stereocenters. The first-order chi connectivity index (χ1) is 15.4. The number of nitrogens with one attached hydrogen (secondary N) is 2. The van der Waals surface area contributed by atoms with Crippen molar-refractivity contribution in [2.75, 3.05) is 6.61 Å². The van der Waals surface area contributed by atoms with E-state index in [4.69, 9.17) is 4.74 Å². The smallest absolute Gasteiger partial charge is 0.328 e. The van der Waals surface area contributed by atoms with Gasteiger partial charge in [-0.3, -0.25) is 0 Å². The SMILES string of the molecule is CCCCCCCCCCC(NC(=O)NC12CC3CC(CC(C3)C1)C2)C(=O)OCC(C)C. The molecule has 2 amide bonds. The zero-order chi connectivity index (χ0) is 23.0. The summed E-state index contributed by atoms with van der Waals surface area (Å²) in [6.07, 6.45) is 17.8. The molecule has 0 radical (unpaired) electrons. The third kappa shape index (κ3) is 7.66. The molecule has 1 unspecified atom stereocenters. The summed E-state index contributed by atoms with van der Waals surface area (Å²) in [4.78, 5) is 25.7. The molecule has 0 spiro atoms. The summed E-state index contributed by atoms with van der Waals surface area (Å²) in [5.74, 6) is 2.37. The third-order valence-electron chi connectivity index (χ3n) is 7.91. The van der Waals surface area contributed by atoms with Crippen molar-refractivity contribution < 1.29 is 14.3 Å². The fourth-order valence-corrected chi connectivity index (χ4v) is 6.78. The zero-order valence-electron chi connectivity index (χ0n) is 20.9. The molecule has 0 saturated heterocycles. The average Bonchev–Trinajstić information content (AvgIpc) is 2.71. The van der Waals surface area contributed by atoms with E-state index in [0.717, 1.165) is 49.9 Å². The second-order valence-electron chi connectivity index (χ2n) is 11.6. The number of hydrogen-bond donors (Lipinski definition) is 2. The van der Waals surface area contributed by atoms with E-state index in [1.807, 2.05) is 13.8 Å². The molecule has 5 nitrogen and oxygen atoms in total. The number of urea groups is 1. The van der Waals surface area contributed by atoms with E-state index in [2.05, 4.69) is 17.6 Å². The van der Waals surface area contributed by atoms with Gasteiger partial charge in [0.25, 0.3) is 0 Å². The fourth-order valence-electron chi connectivity index (χ4n) is 6.78. The summed E-state index contributed by atoms with van der Waals surface area (Å²) in [6.45, 7) is 6.72. The number of rotatable bonds is 14. The molecule has 32 heavy (non-hydrogen) atoms. The maximum absolute atomic E-state index is 13.0. The van der Waals surface area contributed by atoms with Crippen LogP contribution in [0.1, 0.15) is 117 Å². The van der Waals surface area contributed by atoms with Crippen LogP contribution in [0.2, 0.25) is 0 Å². The Morgan fingerprint density at radius 3 is 1.94 bits per heavy atom. The van der Waals surface area contributed by atoms with Crippen LogP contribution in [0.5, 0.6) is 0 Å². The summed E-state index contributed by atoms with van der Waals surface area (Å²) in [5.41, 5.74) is -0.0380. The van der Waals surface area contributed by atoms with E-state index in [9.17, 15) is 9.59 Å². The molecule has 4 bridgehead atoms. The summed E-state index contributed by atoms with van der Waals surface area (Å²) in [7, 11) is 0. The molecule has 5 heteroatoms. The molecule has 4 aliphatic rings. The molecular weight excluding hydrogens is 400 g/mol. The van der Waals surface area contributed by atoms with Crippen molar-refractivity contribution in [3.63, 3.8) is 0 Å². The maximum atomic E-state index is 13.0. The Morgan fingerprint density at radius 1 is 0.875 bits per heavy atom. The minimum Gasteiger partial charge on any atom is -0.464 e. The molecule has 0 aromatic heterocycles. The van der Waals surface area contributed by atoms with Gasteiger partial charge >= 0.3 is 12.0 Å². The highest BCUT2D eigenvalue weighted by molar-refractivity contribution is 5.84. The largest absolute Gasteiger partial charge is 0.464 e. The Bertz CT molecular complexity index is 568. The van der Waals surface area contributed by atoms with Gasteiger partial charge in [0.2, 0.25) is 0 Å². The minimum atomic E-state index is -0.539. The number of carbonyl (C=O) groups is 2. The molecule has 4 saturated carbocycles. The Balaban J connectivity index is 1.45. The number of hydrogen-bond acceptors (Lipinski definition) is 3. The molecule has 0 aromatic rings. The fraction of sp³-hybridized carbons (Fsp3) is 0.926. The third-order valence-corrected chi connectivity index (χ3v) is 7.91. The van der Waals surface area contributed by atoms with Gasteiger partial charge < -0.3 is 15.4 Å².